The smallest absolute Gasteiger partial charge is 0.222 e. The number of halogens is 1. The van der Waals surface area contributed by atoms with Crippen molar-refractivity contribution in [3.05, 3.63) is 28.7 Å². The minimum Gasteiger partial charge on any atom is -0.490 e. The van der Waals surface area contributed by atoms with E-state index >= 15 is 0 Å². The Hall–Kier alpha value is -1.03. The average molecular weight is 474 g/mol. The highest BCUT2D eigenvalue weighted by Gasteiger charge is 2.62. The molecule has 1 aromatic carbocycles. The molecule has 1 aromatic rings. The van der Waals surface area contributed by atoms with Gasteiger partial charge in [0.25, 0.3) is 0 Å². The molecular formula is C26H36BrNO2. The molecule has 0 bridgehead atoms. The van der Waals surface area contributed by atoms with Gasteiger partial charge in [-0.2, -0.15) is 0 Å². The minimum atomic E-state index is 0.284. The quantitative estimate of drug-likeness (QED) is 0.503. The van der Waals surface area contributed by atoms with E-state index in [0.717, 1.165) is 40.8 Å². The molecule has 1 heterocycles. The van der Waals surface area contributed by atoms with Crippen LogP contribution < -0.4 is 4.74 Å². The summed E-state index contributed by atoms with van der Waals surface area (Å²) >= 11 is 3.52. The molecule has 0 spiro atoms. The topological polar surface area (TPSA) is 29.5 Å². The van der Waals surface area contributed by atoms with E-state index in [1.807, 2.05) is 0 Å². The molecule has 8 atom stereocenters. The molecule has 4 heteroatoms. The van der Waals surface area contributed by atoms with Crippen LogP contribution in [0.25, 0.3) is 0 Å². The predicted octanol–water partition coefficient (Wildman–Crippen LogP) is 6.31. The first kappa shape index (κ1) is 20.8. The maximum Gasteiger partial charge on any atom is 0.222 e. The monoisotopic (exact) mass is 473 g/mol. The zero-order valence-electron chi connectivity index (χ0n) is 18.9. The Morgan fingerprint density at radius 3 is 2.57 bits per heavy atom. The van der Waals surface area contributed by atoms with Crippen molar-refractivity contribution in [2.45, 2.75) is 77.9 Å². The lowest BCUT2D eigenvalue weighted by Crippen LogP contribution is -2.62. The molecule has 1 amide bonds. The summed E-state index contributed by atoms with van der Waals surface area (Å²) in [4.78, 5) is 14.5. The number of hydrogen-bond acceptors (Lipinski definition) is 2. The van der Waals surface area contributed by atoms with Gasteiger partial charge in [0, 0.05) is 24.0 Å². The molecule has 4 aliphatic rings. The fourth-order valence-corrected chi connectivity index (χ4v) is 8.52. The van der Waals surface area contributed by atoms with Gasteiger partial charge in [-0.05, 0) is 97.3 Å². The molecule has 5 rings (SSSR count). The van der Waals surface area contributed by atoms with E-state index in [1.165, 1.54) is 32.1 Å². The highest BCUT2D eigenvalue weighted by atomic mass is 79.9. The third-order valence-electron chi connectivity index (χ3n) is 9.78. The van der Waals surface area contributed by atoms with E-state index in [4.69, 9.17) is 4.74 Å². The van der Waals surface area contributed by atoms with Crippen LogP contribution in [0.4, 0.5) is 0 Å². The van der Waals surface area contributed by atoms with Crippen molar-refractivity contribution in [1.82, 2.24) is 4.90 Å². The van der Waals surface area contributed by atoms with Crippen LogP contribution in [0.5, 0.6) is 5.75 Å². The Morgan fingerprint density at radius 2 is 1.83 bits per heavy atom. The number of piperidine rings is 1. The lowest BCUT2D eigenvalue weighted by Gasteiger charge is -2.63. The van der Waals surface area contributed by atoms with Crippen molar-refractivity contribution in [3.8, 4) is 5.75 Å². The Labute approximate surface area is 190 Å². The molecule has 3 aliphatic carbocycles. The fraction of sp³-hybridized carbons (Fsp3) is 0.731. The van der Waals surface area contributed by atoms with Gasteiger partial charge in [-0.1, -0.05) is 36.7 Å². The maximum absolute atomic E-state index is 12.4. The second kappa shape index (κ2) is 7.25. The van der Waals surface area contributed by atoms with Gasteiger partial charge >= 0.3 is 0 Å². The largest absolute Gasteiger partial charge is 0.490 e. The van der Waals surface area contributed by atoms with E-state index in [2.05, 4.69) is 72.9 Å². The Morgan fingerprint density at radius 1 is 1.10 bits per heavy atom. The van der Waals surface area contributed by atoms with Crippen LogP contribution in [0.15, 0.2) is 28.7 Å². The number of ether oxygens (including phenoxy) is 1. The summed E-state index contributed by atoms with van der Waals surface area (Å²) in [6.45, 7) is 7.52. The molecule has 0 radical (unpaired) electrons. The first-order valence-electron chi connectivity index (χ1n) is 11.9. The summed E-state index contributed by atoms with van der Waals surface area (Å²) in [5.74, 6) is 4.28. The van der Waals surface area contributed by atoms with Gasteiger partial charge in [-0.3, -0.25) is 4.79 Å². The number of benzene rings is 1. The van der Waals surface area contributed by atoms with E-state index in [-0.39, 0.29) is 5.41 Å². The van der Waals surface area contributed by atoms with Gasteiger partial charge in [0.2, 0.25) is 5.91 Å². The number of hydrogen-bond donors (Lipinski definition) is 0. The molecule has 1 saturated heterocycles. The number of rotatable bonds is 2. The summed E-state index contributed by atoms with van der Waals surface area (Å²) in [6, 6.07) is 8.73. The average Bonchev–Trinajstić information content (AvgIpc) is 3.04. The van der Waals surface area contributed by atoms with Gasteiger partial charge in [-0.15, -0.1) is 0 Å². The van der Waals surface area contributed by atoms with Gasteiger partial charge in [0.1, 0.15) is 5.75 Å². The second-order valence-corrected chi connectivity index (χ2v) is 12.3. The highest BCUT2D eigenvalue weighted by molar-refractivity contribution is 9.10. The fourth-order valence-electron chi connectivity index (χ4n) is 8.25. The zero-order valence-corrected chi connectivity index (χ0v) is 20.5. The van der Waals surface area contributed by atoms with Crippen LogP contribution in [0.1, 0.15) is 65.7 Å². The van der Waals surface area contributed by atoms with Crippen molar-refractivity contribution < 1.29 is 9.53 Å². The molecule has 4 fully saturated rings. The zero-order chi connectivity index (χ0) is 21.3. The van der Waals surface area contributed by atoms with Crippen LogP contribution in [0.2, 0.25) is 0 Å². The highest BCUT2D eigenvalue weighted by Crippen LogP contribution is 2.66. The number of likely N-dealkylation sites (tertiary alicyclic amines) is 1. The van der Waals surface area contributed by atoms with Crippen LogP contribution in [0, 0.1) is 34.5 Å². The predicted molar refractivity (Wildman–Crippen MR) is 123 cm³/mol. The summed E-state index contributed by atoms with van der Waals surface area (Å²) in [5, 5.41) is 0. The lowest BCUT2D eigenvalue weighted by atomic mass is 9.45. The van der Waals surface area contributed by atoms with Gasteiger partial charge in [0.05, 0.1) is 6.10 Å². The summed E-state index contributed by atoms with van der Waals surface area (Å²) in [6.07, 6.45) is 8.32. The minimum absolute atomic E-state index is 0.284. The third kappa shape index (κ3) is 3.15. The van der Waals surface area contributed by atoms with Crippen LogP contribution in [-0.4, -0.2) is 30.0 Å². The van der Waals surface area contributed by atoms with E-state index < -0.39 is 0 Å². The summed E-state index contributed by atoms with van der Waals surface area (Å²) in [5.41, 5.74) is 0.681. The van der Waals surface area contributed by atoms with Crippen molar-refractivity contribution in [1.29, 1.82) is 0 Å². The molecule has 3 saturated carbocycles. The number of carbonyl (C=O) groups excluding carboxylic acids is 1. The molecule has 1 aliphatic heterocycles. The third-order valence-corrected chi connectivity index (χ3v) is 10.3. The van der Waals surface area contributed by atoms with Crippen LogP contribution in [-0.2, 0) is 4.79 Å². The van der Waals surface area contributed by atoms with Crippen molar-refractivity contribution in [2.75, 3.05) is 7.05 Å². The normalized spacial score (nSPS) is 45.5. The van der Waals surface area contributed by atoms with E-state index in [9.17, 15) is 4.79 Å². The number of amides is 1. The first-order chi connectivity index (χ1) is 14.2. The number of carbonyl (C=O) groups is 1. The number of nitrogens with zero attached hydrogens (tertiary/aromatic N) is 1. The Bertz CT molecular complexity index is 825. The van der Waals surface area contributed by atoms with Gasteiger partial charge in [0.15, 0.2) is 0 Å². The van der Waals surface area contributed by atoms with E-state index in [1.54, 1.807) is 0 Å². The van der Waals surface area contributed by atoms with E-state index in [0.29, 0.717) is 29.4 Å². The Balaban J connectivity index is 1.39. The number of fused-ring (bicyclic) bond motifs is 5. The van der Waals surface area contributed by atoms with Crippen LogP contribution >= 0.6 is 15.9 Å². The molecule has 0 unspecified atom stereocenters. The molecule has 3 nitrogen and oxygen atoms in total. The Kier molecular flexibility index (Phi) is 5.04. The molecule has 0 aromatic heterocycles. The van der Waals surface area contributed by atoms with Crippen molar-refractivity contribution in [2.24, 2.45) is 34.5 Å². The molecule has 30 heavy (non-hydrogen) atoms. The van der Waals surface area contributed by atoms with Gasteiger partial charge < -0.3 is 9.64 Å². The summed E-state index contributed by atoms with van der Waals surface area (Å²) < 4.78 is 7.59. The molecule has 0 N–H and O–H groups in total. The van der Waals surface area contributed by atoms with Crippen molar-refractivity contribution in [3.63, 3.8) is 0 Å². The summed E-state index contributed by atoms with van der Waals surface area (Å²) in [7, 11) is 2.06. The van der Waals surface area contributed by atoms with Gasteiger partial charge in [-0.25, -0.2) is 0 Å². The van der Waals surface area contributed by atoms with Crippen LogP contribution in [0.3, 0.4) is 0 Å². The maximum atomic E-state index is 12.4. The second-order valence-electron chi connectivity index (χ2n) is 11.4. The molecular weight excluding hydrogens is 438 g/mol. The standard InChI is InChI=1S/C26H36BrNO2/c1-16-13-22-26(3,12-10-23(29)28(22)4)20-9-11-25(2)15-19(14-21(25)24(16)20)30-18-7-5-17(27)6-8-18/h5-8,16,19-22,24H,9-15H2,1-4H3/t16-,19-,20-,21-,22+,24+,25+,26+/m0/s1. The molecule has 164 valence electrons. The first-order valence-corrected chi connectivity index (χ1v) is 12.7. The SMILES string of the molecule is C[C@H]1C[C@H]2N(C)C(=O)CC[C@]2(C)[C@H]2CC[C@]3(C)C[C@@H](Oc4ccc(Br)cc4)C[C@H]3[C@H]12. The lowest BCUT2D eigenvalue weighted by molar-refractivity contribution is -0.164. The van der Waals surface area contributed by atoms with Crippen molar-refractivity contribution >= 4 is 21.8 Å².